The van der Waals surface area contributed by atoms with Gasteiger partial charge in [0, 0.05) is 18.6 Å². The maximum Gasteiger partial charge on any atom is 0.240 e. The quantitative estimate of drug-likeness (QED) is 0.461. The van der Waals surface area contributed by atoms with Crippen LogP contribution in [0.25, 0.3) is 0 Å². The number of carbonyl (C=O) groups is 3. The lowest BCUT2D eigenvalue weighted by Gasteiger charge is -2.29. The Morgan fingerprint density at radius 1 is 1.15 bits per heavy atom. The van der Waals surface area contributed by atoms with E-state index in [-0.39, 0.29) is 18.0 Å². The summed E-state index contributed by atoms with van der Waals surface area (Å²) in [5, 5.41) is 9.06. The van der Waals surface area contributed by atoms with Crippen molar-refractivity contribution in [2.45, 2.75) is 76.5 Å². The van der Waals surface area contributed by atoms with Crippen molar-refractivity contribution in [1.29, 1.82) is 0 Å². The summed E-state index contributed by atoms with van der Waals surface area (Å²) in [5.41, 5.74) is 5.11. The Morgan fingerprint density at radius 2 is 1.78 bits per heavy atom. The summed E-state index contributed by atoms with van der Waals surface area (Å²) in [6.07, 6.45) is 7.85. The van der Waals surface area contributed by atoms with E-state index < -0.39 is 11.9 Å². The number of nitrogens with two attached hydrogens (primary N) is 1. The van der Waals surface area contributed by atoms with Crippen molar-refractivity contribution in [3.8, 4) is 0 Å². The van der Waals surface area contributed by atoms with Crippen molar-refractivity contribution in [2.75, 3.05) is 20.6 Å². The van der Waals surface area contributed by atoms with E-state index in [0.29, 0.717) is 31.3 Å². The van der Waals surface area contributed by atoms with Crippen LogP contribution in [-0.2, 0) is 14.4 Å². The van der Waals surface area contributed by atoms with E-state index in [2.05, 4.69) is 22.9 Å². The van der Waals surface area contributed by atoms with Gasteiger partial charge >= 0.3 is 0 Å². The first-order chi connectivity index (χ1) is 12.8. The van der Waals surface area contributed by atoms with E-state index in [4.69, 9.17) is 5.73 Å². The Labute approximate surface area is 163 Å². The molecule has 4 atom stereocenters. The molecule has 1 heterocycles. The topological polar surface area (TPSA) is 117 Å². The fourth-order valence-electron chi connectivity index (χ4n) is 3.70. The Morgan fingerprint density at radius 3 is 2.22 bits per heavy atom. The molecule has 0 radical (unpaired) electrons. The monoisotopic (exact) mass is 383 g/mol. The van der Waals surface area contributed by atoms with Crippen LogP contribution in [0, 0.1) is 5.92 Å². The van der Waals surface area contributed by atoms with Gasteiger partial charge in [0.2, 0.25) is 18.2 Å². The number of likely N-dealkylation sites (N-methyl/N-ethyl adjacent to an activating group) is 2. The number of nitrogens with one attached hydrogen (secondary N) is 3. The van der Waals surface area contributed by atoms with Gasteiger partial charge in [-0.2, -0.15) is 0 Å². The van der Waals surface area contributed by atoms with Crippen LogP contribution in [0.15, 0.2) is 0 Å². The van der Waals surface area contributed by atoms with Gasteiger partial charge in [-0.15, -0.1) is 0 Å². The molecular weight excluding hydrogens is 346 g/mol. The lowest BCUT2D eigenvalue weighted by molar-refractivity contribution is -0.128. The molecule has 27 heavy (non-hydrogen) atoms. The lowest BCUT2D eigenvalue weighted by atomic mass is 9.84. The van der Waals surface area contributed by atoms with E-state index in [9.17, 15) is 14.4 Å². The largest absolute Gasteiger partial charge is 0.368 e. The molecule has 8 nitrogen and oxygen atoms in total. The third kappa shape index (κ3) is 7.46. The zero-order chi connectivity index (χ0) is 20.4. The number of nitrogens with zero attached hydrogens (tertiary/aromatic N) is 1. The Kier molecular flexibility index (Phi) is 10.3. The second kappa shape index (κ2) is 11.9. The van der Waals surface area contributed by atoms with Gasteiger partial charge in [-0.3, -0.25) is 14.4 Å². The molecular formula is C19H37N5O3. The fourth-order valence-corrected chi connectivity index (χ4v) is 3.70. The molecule has 0 bridgehead atoms. The summed E-state index contributed by atoms with van der Waals surface area (Å²) in [5.74, 6) is 0.377. The molecule has 1 aliphatic heterocycles. The molecule has 1 saturated carbocycles. The number of amides is 3. The average Bonchev–Trinajstić information content (AvgIpc) is 3.12. The first kappa shape index (κ1) is 23.4. The van der Waals surface area contributed by atoms with Crippen LogP contribution in [0.4, 0.5) is 0 Å². The molecule has 4 unspecified atom stereocenters. The number of rotatable bonds is 7. The number of hydrogen-bond acceptors (Lipinski definition) is 5. The molecule has 2 aliphatic rings. The van der Waals surface area contributed by atoms with Crippen LogP contribution < -0.4 is 21.7 Å². The Balaban J connectivity index is 0.000000277. The third-order valence-corrected chi connectivity index (χ3v) is 5.76. The van der Waals surface area contributed by atoms with Gasteiger partial charge < -0.3 is 26.6 Å². The van der Waals surface area contributed by atoms with Gasteiger partial charge in [0.15, 0.2) is 0 Å². The number of hydrogen-bond donors (Lipinski definition) is 4. The van der Waals surface area contributed by atoms with Gasteiger partial charge in [0.1, 0.15) is 6.04 Å². The smallest absolute Gasteiger partial charge is 0.240 e. The van der Waals surface area contributed by atoms with Crippen molar-refractivity contribution in [3.63, 3.8) is 0 Å². The maximum atomic E-state index is 11.7. The minimum absolute atomic E-state index is 0.0870. The van der Waals surface area contributed by atoms with E-state index >= 15 is 0 Å². The van der Waals surface area contributed by atoms with Crippen molar-refractivity contribution in [3.05, 3.63) is 0 Å². The van der Waals surface area contributed by atoms with Crippen LogP contribution in [0.2, 0.25) is 0 Å². The van der Waals surface area contributed by atoms with E-state index in [1.807, 2.05) is 14.0 Å². The Hall–Kier alpha value is -1.67. The predicted octanol–water partition coefficient (Wildman–Crippen LogP) is -0.0303. The molecule has 3 amide bonds. The highest BCUT2D eigenvalue weighted by Gasteiger charge is 2.33. The third-order valence-electron chi connectivity index (χ3n) is 5.76. The minimum Gasteiger partial charge on any atom is -0.368 e. The normalized spacial score (nSPS) is 25.1. The van der Waals surface area contributed by atoms with Gasteiger partial charge in [0.25, 0.3) is 0 Å². The molecule has 1 saturated heterocycles. The molecule has 0 spiro atoms. The molecule has 5 N–H and O–H groups in total. The van der Waals surface area contributed by atoms with Gasteiger partial charge in [-0.1, -0.05) is 19.3 Å². The summed E-state index contributed by atoms with van der Waals surface area (Å²) in [6.45, 7) is 4.59. The molecule has 1 aliphatic carbocycles. The van der Waals surface area contributed by atoms with Crippen LogP contribution in [0.5, 0.6) is 0 Å². The predicted molar refractivity (Wildman–Crippen MR) is 106 cm³/mol. The summed E-state index contributed by atoms with van der Waals surface area (Å²) in [4.78, 5) is 34.4. The fraction of sp³-hybridized carbons (Fsp3) is 0.842. The Bertz CT molecular complexity index is 482. The van der Waals surface area contributed by atoms with Crippen molar-refractivity contribution >= 4 is 18.2 Å². The minimum atomic E-state index is -0.431. The first-order valence-corrected chi connectivity index (χ1v) is 9.99. The van der Waals surface area contributed by atoms with Crippen molar-refractivity contribution in [1.82, 2.24) is 20.9 Å². The molecule has 2 rings (SSSR count). The van der Waals surface area contributed by atoms with Crippen LogP contribution >= 0.6 is 0 Å². The second-order valence-electron chi connectivity index (χ2n) is 7.65. The molecule has 2 fully saturated rings. The molecule has 156 valence electrons. The van der Waals surface area contributed by atoms with Crippen LogP contribution in [0.1, 0.15) is 52.4 Å². The van der Waals surface area contributed by atoms with E-state index in [1.54, 1.807) is 7.05 Å². The number of likely N-dealkylation sites (tertiary alicyclic amines) is 1. The maximum absolute atomic E-state index is 11.7. The van der Waals surface area contributed by atoms with Crippen LogP contribution in [0.3, 0.4) is 0 Å². The average molecular weight is 384 g/mol. The molecule has 0 aromatic heterocycles. The highest BCUT2D eigenvalue weighted by Crippen LogP contribution is 2.26. The van der Waals surface area contributed by atoms with Gasteiger partial charge in [-0.05, 0) is 53.1 Å². The summed E-state index contributed by atoms with van der Waals surface area (Å²) >= 11 is 0. The zero-order valence-corrected chi connectivity index (χ0v) is 17.2. The lowest BCUT2D eigenvalue weighted by Crippen LogP contribution is -2.46. The first-order valence-electron chi connectivity index (χ1n) is 9.99. The van der Waals surface area contributed by atoms with E-state index in [1.165, 1.54) is 37.0 Å². The SMILES string of the molecule is CNC(C)C(=O)NC(C)C1CCCCC1.CNC1CC(C(N)=O)N(C=O)C1. The molecule has 0 aromatic carbocycles. The summed E-state index contributed by atoms with van der Waals surface area (Å²) in [6, 6.07) is -0.00251. The second-order valence-corrected chi connectivity index (χ2v) is 7.65. The summed E-state index contributed by atoms with van der Waals surface area (Å²) < 4.78 is 0. The number of carbonyl (C=O) groups excluding carboxylic acids is 3. The zero-order valence-electron chi connectivity index (χ0n) is 17.2. The molecule has 0 aromatic rings. The highest BCUT2D eigenvalue weighted by molar-refractivity contribution is 5.82. The van der Waals surface area contributed by atoms with Gasteiger partial charge in [-0.25, -0.2) is 0 Å². The summed E-state index contributed by atoms with van der Waals surface area (Å²) in [7, 11) is 3.62. The van der Waals surface area contributed by atoms with E-state index in [0.717, 1.165) is 0 Å². The molecule has 8 heteroatoms. The standard InChI is InChI=1S/C12H24N2O.C7H13N3O2/c1-9(11-7-5-4-6-8-11)14-12(15)10(2)13-3;1-9-5-2-6(7(8)12)10(3-5)4-11/h9-11,13H,4-8H2,1-3H3,(H,14,15);4-6,9H,2-3H2,1H3,(H2,8,12). The number of primary amides is 1. The van der Waals surface area contributed by atoms with Crippen LogP contribution in [-0.4, -0.2) is 67.9 Å². The van der Waals surface area contributed by atoms with Crippen molar-refractivity contribution in [2.24, 2.45) is 11.7 Å². The highest BCUT2D eigenvalue weighted by atomic mass is 16.2. The van der Waals surface area contributed by atoms with Crippen molar-refractivity contribution < 1.29 is 14.4 Å². The van der Waals surface area contributed by atoms with Gasteiger partial charge in [0.05, 0.1) is 6.04 Å².